The fourth-order valence-corrected chi connectivity index (χ4v) is 1.52. The van der Waals surface area contributed by atoms with Gasteiger partial charge in [-0.1, -0.05) is 55.7 Å². The van der Waals surface area contributed by atoms with Crippen LogP contribution in [0, 0.1) is 0 Å². The van der Waals surface area contributed by atoms with Gasteiger partial charge in [0.2, 0.25) is 0 Å². The van der Waals surface area contributed by atoms with Gasteiger partial charge in [-0.3, -0.25) is 4.89 Å². The standard InChI is InChI=1S/C15H18ClNO3/c1-2-3-4-5-6-7-8-12-15(18)20-19-14-11-9-10-13(16)17-14/h6-12H,2-5H2,1H3/b7-6+,12-8+. The highest BCUT2D eigenvalue weighted by Gasteiger charge is 2.01. The van der Waals surface area contributed by atoms with Crippen molar-refractivity contribution in [1.29, 1.82) is 0 Å². The Balaban J connectivity index is 2.23. The Hall–Kier alpha value is -1.81. The molecule has 5 heteroatoms. The fraction of sp³-hybridized carbons (Fsp3) is 0.333. The summed E-state index contributed by atoms with van der Waals surface area (Å²) in [7, 11) is 0. The van der Waals surface area contributed by atoms with Gasteiger partial charge < -0.3 is 0 Å². The monoisotopic (exact) mass is 295 g/mol. The first kappa shape index (κ1) is 16.2. The molecule has 0 bridgehead atoms. The van der Waals surface area contributed by atoms with E-state index in [1.807, 2.05) is 12.2 Å². The Morgan fingerprint density at radius 3 is 2.95 bits per heavy atom. The molecular formula is C15H18ClNO3. The number of allylic oxidation sites excluding steroid dienone is 3. The van der Waals surface area contributed by atoms with Crippen LogP contribution < -0.4 is 4.89 Å². The van der Waals surface area contributed by atoms with Gasteiger partial charge in [-0.15, -0.1) is 0 Å². The van der Waals surface area contributed by atoms with E-state index in [0.717, 1.165) is 12.8 Å². The fourth-order valence-electron chi connectivity index (χ4n) is 1.37. The van der Waals surface area contributed by atoms with Crippen LogP contribution in [0.3, 0.4) is 0 Å². The van der Waals surface area contributed by atoms with Gasteiger partial charge in [0.25, 0.3) is 5.88 Å². The summed E-state index contributed by atoms with van der Waals surface area (Å²) >= 11 is 5.66. The zero-order valence-corrected chi connectivity index (χ0v) is 12.2. The number of carbonyl (C=O) groups is 1. The van der Waals surface area contributed by atoms with Crippen molar-refractivity contribution < 1.29 is 14.6 Å². The largest absolute Gasteiger partial charge is 0.379 e. The number of nitrogens with zero attached hydrogens (tertiary/aromatic N) is 1. The number of aromatic nitrogens is 1. The molecule has 0 unspecified atom stereocenters. The molecule has 0 aliphatic rings. The van der Waals surface area contributed by atoms with Gasteiger partial charge >= 0.3 is 5.97 Å². The molecule has 0 fully saturated rings. The van der Waals surface area contributed by atoms with E-state index < -0.39 is 5.97 Å². The van der Waals surface area contributed by atoms with E-state index in [0.29, 0.717) is 0 Å². The zero-order chi connectivity index (χ0) is 14.6. The van der Waals surface area contributed by atoms with Crippen LogP contribution in [0.25, 0.3) is 0 Å². The van der Waals surface area contributed by atoms with Crippen molar-refractivity contribution in [2.75, 3.05) is 0 Å². The molecule has 1 rings (SSSR count). The third kappa shape index (κ3) is 7.59. The number of hydrogen-bond acceptors (Lipinski definition) is 4. The second-order valence-corrected chi connectivity index (χ2v) is 4.45. The molecule has 0 aliphatic carbocycles. The van der Waals surface area contributed by atoms with E-state index in [1.165, 1.54) is 25.0 Å². The summed E-state index contributed by atoms with van der Waals surface area (Å²) in [5.74, 6) is -0.473. The summed E-state index contributed by atoms with van der Waals surface area (Å²) in [6.07, 6.45) is 11.3. The van der Waals surface area contributed by atoms with Crippen LogP contribution in [0.4, 0.5) is 0 Å². The van der Waals surface area contributed by atoms with E-state index in [4.69, 9.17) is 16.5 Å². The summed E-state index contributed by atoms with van der Waals surface area (Å²) in [5, 5.41) is 0.268. The third-order valence-corrected chi connectivity index (χ3v) is 2.56. The van der Waals surface area contributed by atoms with Crippen molar-refractivity contribution in [3.05, 3.63) is 47.7 Å². The van der Waals surface area contributed by atoms with Gasteiger partial charge in [0.15, 0.2) is 0 Å². The smallest absolute Gasteiger partial charge is 0.266 e. The average Bonchev–Trinajstić information content (AvgIpc) is 2.44. The Kier molecular flexibility index (Phi) is 8.15. The second kappa shape index (κ2) is 10.0. The van der Waals surface area contributed by atoms with Crippen molar-refractivity contribution in [1.82, 2.24) is 4.98 Å². The van der Waals surface area contributed by atoms with Gasteiger partial charge in [0, 0.05) is 12.1 Å². The lowest BCUT2D eigenvalue weighted by molar-refractivity contribution is -0.208. The Morgan fingerprint density at radius 1 is 1.35 bits per heavy atom. The maximum Gasteiger partial charge on any atom is 0.379 e. The highest BCUT2D eigenvalue weighted by Crippen LogP contribution is 2.11. The lowest BCUT2D eigenvalue weighted by atomic mass is 10.2. The van der Waals surface area contributed by atoms with Crippen molar-refractivity contribution in [2.45, 2.75) is 32.6 Å². The van der Waals surface area contributed by atoms with Crippen molar-refractivity contribution in [3.63, 3.8) is 0 Å². The molecule has 0 aromatic carbocycles. The van der Waals surface area contributed by atoms with Crippen molar-refractivity contribution in [2.24, 2.45) is 0 Å². The van der Waals surface area contributed by atoms with Crippen molar-refractivity contribution >= 4 is 17.6 Å². The topological polar surface area (TPSA) is 48.4 Å². The van der Waals surface area contributed by atoms with E-state index in [1.54, 1.807) is 18.2 Å². The van der Waals surface area contributed by atoms with Crippen LogP contribution in [0.2, 0.25) is 5.15 Å². The second-order valence-electron chi connectivity index (χ2n) is 4.07. The zero-order valence-electron chi connectivity index (χ0n) is 11.4. The predicted molar refractivity (Wildman–Crippen MR) is 78.4 cm³/mol. The molecule has 0 amide bonds. The highest BCUT2D eigenvalue weighted by atomic mass is 35.5. The minimum atomic E-state index is -0.606. The predicted octanol–water partition coefficient (Wildman–Crippen LogP) is 4.26. The van der Waals surface area contributed by atoms with Gasteiger partial charge in [-0.05, 0) is 18.9 Å². The van der Waals surface area contributed by atoms with Crippen molar-refractivity contribution in [3.8, 4) is 5.88 Å². The molecule has 1 aromatic heterocycles. The maximum absolute atomic E-state index is 11.3. The molecule has 0 saturated carbocycles. The maximum atomic E-state index is 11.3. The Bertz CT molecular complexity index is 472. The quantitative estimate of drug-likeness (QED) is 0.179. The molecule has 0 N–H and O–H groups in total. The number of hydrogen-bond donors (Lipinski definition) is 0. The molecule has 0 radical (unpaired) electrons. The average molecular weight is 296 g/mol. The van der Waals surface area contributed by atoms with Crippen LogP contribution in [-0.2, 0) is 9.68 Å². The number of halogens is 1. The molecule has 20 heavy (non-hydrogen) atoms. The Morgan fingerprint density at radius 2 is 2.20 bits per heavy atom. The molecule has 1 aromatic rings. The first-order valence-electron chi connectivity index (χ1n) is 6.56. The summed E-state index contributed by atoms with van der Waals surface area (Å²) < 4.78 is 0. The van der Waals surface area contributed by atoms with Gasteiger partial charge in [0.05, 0.1) is 0 Å². The van der Waals surface area contributed by atoms with E-state index >= 15 is 0 Å². The molecular weight excluding hydrogens is 278 g/mol. The van der Waals surface area contributed by atoms with E-state index in [-0.39, 0.29) is 11.0 Å². The molecule has 0 saturated heterocycles. The number of carbonyl (C=O) groups excluding carboxylic acids is 1. The van der Waals surface area contributed by atoms with E-state index in [9.17, 15) is 4.79 Å². The van der Waals surface area contributed by atoms with Gasteiger partial charge in [0.1, 0.15) is 5.15 Å². The molecule has 4 nitrogen and oxygen atoms in total. The molecule has 0 spiro atoms. The summed E-state index contributed by atoms with van der Waals surface area (Å²) in [5.41, 5.74) is 0. The first-order valence-corrected chi connectivity index (χ1v) is 6.94. The normalized spacial score (nSPS) is 11.1. The minimum absolute atomic E-state index is 0.134. The van der Waals surface area contributed by atoms with Gasteiger partial charge in [-0.25, -0.2) is 9.68 Å². The summed E-state index contributed by atoms with van der Waals surface area (Å²) in [6.45, 7) is 2.16. The third-order valence-electron chi connectivity index (χ3n) is 2.35. The molecule has 0 atom stereocenters. The number of pyridine rings is 1. The lowest BCUT2D eigenvalue weighted by Crippen LogP contribution is -2.05. The van der Waals surface area contributed by atoms with Crippen LogP contribution in [0.15, 0.2) is 42.5 Å². The summed E-state index contributed by atoms with van der Waals surface area (Å²) in [6, 6.07) is 4.78. The number of rotatable bonds is 8. The van der Waals surface area contributed by atoms with Gasteiger partial charge in [-0.2, -0.15) is 4.98 Å². The minimum Gasteiger partial charge on any atom is -0.266 e. The highest BCUT2D eigenvalue weighted by molar-refractivity contribution is 6.29. The van der Waals surface area contributed by atoms with Crippen LogP contribution >= 0.6 is 11.6 Å². The molecule has 1 heterocycles. The number of unbranched alkanes of at least 4 members (excludes halogenated alkanes) is 3. The SMILES string of the molecule is CCCCC/C=C/C=C/C(=O)OOc1cccc(Cl)n1. The van der Waals surface area contributed by atoms with Crippen LogP contribution in [-0.4, -0.2) is 11.0 Å². The van der Waals surface area contributed by atoms with Crippen LogP contribution in [0.5, 0.6) is 5.88 Å². The lowest BCUT2D eigenvalue weighted by Gasteiger charge is -2.00. The van der Waals surface area contributed by atoms with Crippen LogP contribution in [0.1, 0.15) is 32.6 Å². The molecule has 0 aliphatic heterocycles. The Labute approximate surface area is 124 Å². The molecule has 108 valence electrons. The summed E-state index contributed by atoms with van der Waals surface area (Å²) in [4.78, 5) is 24.4. The van der Waals surface area contributed by atoms with E-state index in [2.05, 4.69) is 16.8 Å². The first-order chi connectivity index (χ1) is 9.72.